The molecule has 0 unspecified atom stereocenters. The Bertz CT molecular complexity index is 753. The molecule has 0 aliphatic carbocycles. The summed E-state index contributed by atoms with van der Waals surface area (Å²) in [5.41, 5.74) is 9.44. The van der Waals surface area contributed by atoms with Crippen LogP contribution in [0.25, 0.3) is 22.6 Å². The Morgan fingerprint density at radius 1 is 1.20 bits per heavy atom. The maximum absolute atomic E-state index is 5.94. The summed E-state index contributed by atoms with van der Waals surface area (Å²) in [6.07, 6.45) is 1.72. The van der Waals surface area contributed by atoms with Gasteiger partial charge in [0.2, 0.25) is 0 Å². The molecule has 0 saturated heterocycles. The van der Waals surface area contributed by atoms with Gasteiger partial charge in [0.25, 0.3) is 0 Å². The first kappa shape index (κ1) is 12.9. The molecule has 2 heterocycles. The molecule has 0 atom stereocenters. The molecule has 3 rings (SSSR count). The van der Waals surface area contributed by atoms with Gasteiger partial charge in [-0.1, -0.05) is 38.8 Å². The van der Waals surface area contributed by atoms with E-state index in [0.29, 0.717) is 11.6 Å². The van der Waals surface area contributed by atoms with Crippen molar-refractivity contribution < 1.29 is 4.52 Å². The van der Waals surface area contributed by atoms with E-state index in [2.05, 4.69) is 26.1 Å². The van der Waals surface area contributed by atoms with Crippen molar-refractivity contribution in [1.82, 2.24) is 10.1 Å². The summed E-state index contributed by atoms with van der Waals surface area (Å²) in [6, 6.07) is 11.7. The van der Waals surface area contributed by atoms with E-state index in [9.17, 15) is 0 Å². The normalized spacial score (nSPS) is 10.7. The highest BCUT2D eigenvalue weighted by Gasteiger charge is 2.20. The van der Waals surface area contributed by atoms with E-state index in [1.807, 2.05) is 43.3 Å². The topological polar surface area (TPSA) is 64.9 Å². The van der Waals surface area contributed by atoms with Gasteiger partial charge in [0.15, 0.2) is 11.6 Å². The molecule has 0 bridgehead atoms. The van der Waals surface area contributed by atoms with Gasteiger partial charge in [-0.15, -0.1) is 0 Å². The van der Waals surface area contributed by atoms with Gasteiger partial charge in [-0.25, -0.2) is 0 Å². The molecule has 3 aromatic rings. The number of nitrogen functional groups attached to an aromatic ring is 1. The van der Waals surface area contributed by atoms with Crippen molar-refractivity contribution in [1.29, 1.82) is 0 Å². The minimum atomic E-state index is 0.340. The molecule has 0 radical (unpaired) electrons. The Hall–Kier alpha value is -2.14. The third-order valence-electron chi connectivity index (χ3n) is 3.01. The fourth-order valence-corrected chi connectivity index (χ4v) is 2.48. The minimum absolute atomic E-state index is 0.340. The highest BCUT2D eigenvalue weighted by atomic mass is 79.9. The van der Waals surface area contributed by atoms with Crippen molar-refractivity contribution in [3.05, 3.63) is 52.6 Å². The quantitative estimate of drug-likeness (QED) is 0.770. The van der Waals surface area contributed by atoms with E-state index in [1.54, 1.807) is 6.20 Å². The first-order chi connectivity index (χ1) is 9.66. The molecular formula is C15H12BrN3O. The average molecular weight is 330 g/mol. The van der Waals surface area contributed by atoms with Crippen LogP contribution in [0.1, 0.15) is 5.56 Å². The Labute approximate surface area is 124 Å². The molecule has 0 fully saturated rings. The van der Waals surface area contributed by atoms with Crippen molar-refractivity contribution in [2.24, 2.45) is 0 Å². The van der Waals surface area contributed by atoms with Crippen LogP contribution in [0, 0.1) is 6.92 Å². The SMILES string of the molecule is Cc1ccc(Br)c(-c2onc(N)c2-c2ccccn2)c1. The summed E-state index contributed by atoms with van der Waals surface area (Å²) in [5.74, 6) is 0.962. The summed E-state index contributed by atoms with van der Waals surface area (Å²) in [4.78, 5) is 4.32. The molecular weight excluding hydrogens is 318 g/mol. The highest BCUT2D eigenvalue weighted by Crippen LogP contribution is 2.38. The lowest BCUT2D eigenvalue weighted by Gasteiger charge is -2.05. The maximum Gasteiger partial charge on any atom is 0.179 e. The predicted octanol–water partition coefficient (Wildman–Crippen LogP) is 4.06. The van der Waals surface area contributed by atoms with Crippen LogP contribution < -0.4 is 5.73 Å². The Balaban J connectivity index is 2.24. The summed E-state index contributed by atoms with van der Waals surface area (Å²) in [7, 11) is 0. The van der Waals surface area contributed by atoms with Crippen LogP contribution in [-0.4, -0.2) is 10.1 Å². The first-order valence-corrected chi connectivity index (χ1v) is 6.89. The third kappa shape index (κ3) is 2.20. The lowest BCUT2D eigenvalue weighted by Crippen LogP contribution is -1.91. The number of benzene rings is 1. The van der Waals surface area contributed by atoms with Gasteiger partial charge < -0.3 is 10.3 Å². The van der Waals surface area contributed by atoms with Gasteiger partial charge in [-0.2, -0.15) is 0 Å². The molecule has 0 aliphatic heterocycles. The van der Waals surface area contributed by atoms with Gasteiger partial charge in [0.05, 0.1) is 11.3 Å². The Kier molecular flexibility index (Phi) is 3.28. The predicted molar refractivity (Wildman–Crippen MR) is 82.0 cm³/mol. The van der Waals surface area contributed by atoms with Gasteiger partial charge in [0.1, 0.15) is 0 Å². The molecule has 100 valence electrons. The van der Waals surface area contributed by atoms with Crippen LogP contribution >= 0.6 is 15.9 Å². The van der Waals surface area contributed by atoms with Crippen molar-refractivity contribution in [2.75, 3.05) is 5.73 Å². The molecule has 0 aliphatic rings. The summed E-state index contributed by atoms with van der Waals surface area (Å²) in [6.45, 7) is 2.02. The standard InChI is InChI=1S/C15H12BrN3O/c1-9-5-6-11(16)10(8-9)14-13(15(17)19-20-14)12-4-2-3-7-18-12/h2-8H,1H3,(H2,17,19). The zero-order chi connectivity index (χ0) is 14.1. The molecule has 0 amide bonds. The van der Waals surface area contributed by atoms with Crippen LogP contribution in [-0.2, 0) is 0 Å². The van der Waals surface area contributed by atoms with E-state index < -0.39 is 0 Å². The largest absolute Gasteiger partial charge is 0.380 e. The Morgan fingerprint density at radius 3 is 2.80 bits per heavy atom. The second kappa shape index (κ2) is 5.09. The summed E-state index contributed by atoms with van der Waals surface area (Å²) >= 11 is 3.53. The van der Waals surface area contributed by atoms with Gasteiger partial charge in [-0.05, 0) is 31.2 Å². The zero-order valence-corrected chi connectivity index (χ0v) is 12.4. The van der Waals surface area contributed by atoms with Crippen molar-refractivity contribution >= 4 is 21.7 Å². The molecule has 2 aromatic heterocycles. The highest BCUT2D eigenvalue weighted by molar-refractivity contribution is 9.10. The number of aromatic nitrogens is 2. The number of nitrogens with zero attached hydrogens (tertiary/aromatic N) is 2. The van der Waals surface area contributed by atoms with Gasteiger partial charge in [-0.3, -0.25) is 4.98 Å². The average Bonchev–Trinajstić information content (AvgIpc) is 2.84. The van der Waals surface area contributed by atoms with E-state index in [0.717, 1.165) is 26.9 Å². The minimum Gasteiger partial charge on any atom is -0.380 e. The molecule has 4 nitrogen and oxygen atoms in total. The van der Waals surface area contributed by atoms with Crippen LogP contribution in [0.15, 0.2) is 51.6 Å². The van der Waals surface area contributed by atoms with E-state index in [1.165, 1.54) is 0 Å². The number of pyridine rings is 1. The number of aryl methyl sites for hydroxylation is 1. The summed E-state index contributed by atoms with van der Waals surface area (Å²) < 4.78 is 6.35. The van der Waals surface area contributed by atoms with E-state index in [4.69, 9.17) is 10.3 Å². The zero-order valence-electron chi connectivity index (χ0n) is 10.8. The van der Waals surface area contributed by atoms with Gasteiger partial charge in [0, 0.05) is 16.2 Å². The fourth-order valence-electron chi connectivity index (χ4n) is 2.06. The first-order valence-electron chi connectivity index (χ1n) is 6.10. The molecule has 0 spiro atoms. The lowest BCUT2D eigenvalue weighted by molar-refractivity contribution is 0.436. The molecule has 5 heteroatoms. The number of hydrogen-bond donors (Lipinski definition) is 1. The van der Waals surface area contributed by atoms with E-state index in [-0.39, 0.29) is 0 Å². The van der Waals surface area contributed by atoms with Crippen molar-refractivity contribution in [3.8, 4) is 22.6 Å². The summed E-state index contributed by atoms with van der Waals surface area (Å²) in [5, 5.41) is 3.88. The smallest absolute Gasteiger partial charge is 0.179 e. The molecule has 0 saturated carbocycles. The van der Waals surface area contributed by atoms with Crippen LogP contribution in [0.2, 0.25) is 0 Å². The number of hydrogen-bond acceptors (Lipinski definition) is 4. The van der Waals surface area contributed by atoms with Crippen molar-refractivity contribution in [2.45, 2.75) is 6.92 Å². The van der Waals surface area contributed by atoms with Crippen LogP contribution in [0.4, 0.5) is 5.82 Å². The Morgan fingerprint density at radius 2 is 2.05 bits per heavy atom. The monoisotopic (exact) mass is 329 g/mol. The number of anilines is 1. The number of halogens is 1. The number of rotatable bonds is 2. The maximum atomic E-state index is 5.94. The van der Waals surface area contributed by atoms with Gasteiger partial charge >= 0.3 is 0 Å². The van der Waals surface area contributed by atoms with Crippen LogP contribution in [0.3, 0.4) is 0 Å². The number of nitrogens with two attached hydrogens (primary N) is 1. The fraction of sp³-hybridized carbons (Fsp3) is 0.0667. The molecule has 1 aromatic carbocycles. The van der Waals surface area contributed by atoms with E-state index >= 15 is 0 Å². The van der Waals surface area contributed by atoms with Crippen molar-refractivity contribution in [3.63, 3.8) is 0 Å². The molecule has 2 N–H and O–H groups in total. The second-order valence-corrected chi connectivity index (χ2v) is 5.32. The second-order valence-electron chi connectivity index (χ2n) is 4.47. The lowest BCUT2D eigenvalue weighted by atomic mass is 10.0. The molecule has 20 heavy (non-hydrogen) atoms. The van der Waals surface area contributed by atoms with Crippen LogP contribution in [0.5, 0.6) is 0 Å². The third-order valence-corrected chi connectivity index (χ3v) is 3.70.